The van der Waals surface area contributed by atoms with Gasteiger partial charge in [0.1, 0.15) is 5.75 Å². The highest BCUT2D eigenvalue weighted by atomic mass is 19.4. The predicted octanol–water partition coefficient (Wildman–Crippen LogP) is 5.08. The summed E-state index contributed by atoms with van der Waals surface area (Å²) >= 11 is 0. The van der Waals surface area contributed by atoms with Crippen LogP contribution in [0.25, 0.3) is 0 Å². The molecule has 6 heteroatoms. The van der Waals surface area contributed by atoms with Crippen LogP contribution in [0.5, 0.6) is 5.75 Å². The standard InChI is InChI=1S/C19H20F3NO2/c1-11(2)16-9-13(4-7-18(16)23-12(3)24)8-14-5-6-15(25)10-17(14)19(20,21)22/h4-7,9-11,25H,8H2,1-3H3,(H,23,24). The van der Waals surface area contributed by atoms with E-state index in [0.29, 0.717) is 11.3 Å². The zero-order valence-electron chi connectivity index (χ0n) is 14.2. The van der Waals surface area contributed by atoms with Crippen molar-refractivity contribution in [3.8, 4) is 5.75 Å². The summed E-state index contributed by atoms with van der Waals surface area (Å²) in [6.45, 7) is 5.31. The van der Waals surface area contributed by atoms with Gasteiger partial charge >= 0.3 is 6.18 Å². The maximum absolute atomic E-state index is 13.2. The Hall–Kier alpha value is -2.50. The number of rotatable bonds is 4. The van der Waals surface area contributed by atoms with Crippen LogP contribution >= 0.6 is 0 Å². The number of phenolic OH excluding ortho intramolecular Hbond substituents is 1. The number of nitrogens with one attached hydrogen (secondary N) is 1. The van der Waals surface area contributed by atoms with Gasteiger partial charge in [0.2, 0.25) is 5.91 Å². The first-order chi connectivity index (χ1) is 11.6. The average Bonchev–Trinajstić information content (AvgIpc) is 2.48. The molecule has 2 N–H and O–H groups in total. The largest absolute Gasteiger partial charge is 0.508 e. The SMILES string of the molecule is CC(=O)Nc1ccc(Cc2ccc(O)cc2C(F)(F)F)cc1C(C)C. The molecule has 0 aliphatic heterocycles. The molecule has 25 heavy (non-hydrogen) atoms. The Morgan fingerprint density at radius 2 is 1.84 bits per heavy atom. The number of carbonyl (C=O) groups excluding carboxylic acids is 1. The van der Waals surface area contributed by atoms with E-state index < -0.39 is 17.5 Å². The Morgan fingerprint density at radius 1 is 1.16 bits per heavy atom. The third-order valence-corrected chi connectivity index (χ3v) is 3.84. The van der Waals surface area contributed by atoms with Crippen molar-refractivity contribution in [3.63, 3.8) is 0 Å². The fourth-order valence-electron chi connectivity index (χ4n) is 2.71. The summed E-state index contributed by atoms with van der Waals surface area (Å²) in [5, 5.41) is 12.1. The molecule has 134 valence electrons. The van der Waals surface area contributed by atoms with Crippen molar-refractivity contribution < 1.29 is 23.1 Å². The summed E-state index contributed by atoms with van der Waals surface area (Å²) in [6, 6.07) is 8.49. The molecule has 3 nitrogen and oxygen atoms in total. The smallest absolute Gasteiger partial charge is 0.416 e. The van der Waals surface area contributed by atoms with Crippen LogP contribution in [0.4, 0.5) is 18.9 Å². The first kappa shape index (κ1) is 18.8. The summed E-state index contributed by atoms with van der Waals surface area (Å²) in [7, 11) is 0. The number of aromatic hydroxyl groups is 1. The third kappa shape index (κ3) is 4.75. The van der Waals surface area contributed by atoms with E-state index in [-0.39, 0.29) is 23.8 Å². The van der Waals surface area contributed by atoms with E-state index >= 15 is 0 Å². The molecule has 2 aromatic rings. The van der Waals surface area contributed by atoms with E-state index in [0.717, 1.165) is 11.6 Å². The number of amides is 1. The zero-order valence-corrected chi connectivity index (χ0v) is 14.2. The number of anilines is 1. The molecule has 0 heterocycles. The van der Waals surface area contributed by atoms with Crippen molar-refractivity contribution in [2.75, 3.05) is 5.32 Å². The van der Waals surface area contributed by atoms with E-state index in [1.807, 2.05) is 19.9 Å². The fourth-order valence-corrected chi connectivity index (χ4v) is 2.71. The third-order valence-electron chi connectivity index (χ3n) is 3.84. The molecule has 0 saturated heterocycles. The number of carbonyl (C=O) groups is 1. The minimum atomic E-state index is -4.54. The van der Waals surface area contributed by atoms with Crippen molar-refractivity contribution in [3.05, 3.63) is 58.7 Å². The monoisotopic (exact) mass is 351 g/mol. The topological polar surface area (TPSA) is 49.3 Å². The molecular weight excluding hydrogens is 331 g/mol. The number of alkyl halides is 3. The van der Waals surface area contributed by atoms with Crippen molar-refractivity contribution in [1.29, 1.82) is 0 Å². The minimum absolute atomic E-state index is 0.0786. The van der Waals surface area contributed by atoms with Crippen LogP contribution in [0.15, 0.2) is 36.4 Å². The molecule has 0 radical (unpaired) electrons. The summed E-state index contributed by atoms with van der Waals surface area (Å²) in [5.74, 6) is -0.517. The van der Waals surface area contributed by atoms with Gasteiger partial charge in [-0.1, -0.05) is 32.0 Å². The quantitative estimate of drug-likeness (QED) is 0.807. The van der Waals surface area contributed by atoms with E-state index in [9.17, 15) is 23.1 Å². The molecule has 2 rings (SSSR count). The van der Waals surface area contributed by atoms with Gasteiger partial charge in [-0.2, -0.15) is 13.2 Å². The molecule has 0 atom stereocenters. The average molecular weight is 351 g/mol. The van der Waals surface area contributed by atoms with Crippen molar-refractivity contribution in [1.82, 2.24) is 0 Å². The van der Waals surface area contributed by atoms with Gasteiger partial charge < -0.3 is 10.4 Å². The predicted molar refractivity (Wildman–Crippen MR) is 90.7 cm³/mol. The lowest BCUT2D eigenvalue weighted by atomic mass is 9.94. The van der Waals surface area contributed by atoms with Crippen LogP contribution in [-0.4, -0.2) is 11.0 Å². The first-order valence-electron chi connectivity index (χ1n) is 7.87. The van der Waals surface area contributed by atoms with Crippen LogP contribution in [0.3, 0.4) is 0 Å². The lowest BCUT2D eigenvalue weighted by Gasteiger charge is -2.17. The van der Waals surface area contributed by atoms with E-state index in [4.69, 9.17) is 0 Å². The lowest BCUT2D eigenvalue weighted by Crippen LogP contribution is -2.11. The van der Waals surface area contributed by atoms with Gasteiger partial charge in [-0.15, -0.1) is 0 Å². The fraction of sp³-hybridized carbons (Fsp3) is 0.316. The molecule has 1 amide bonds. The van der Waals surface area contributed by atoms with Crippen molar-refractivity contribution in [2.45, 2.75) is 39.3 Å². The molecule has 0 spiro atoms. The summed E-state index contributed by atoms with van der Waals surface area (Å²) in [5.41, 5.74) is 1.47. The molecule has 0 bridgehead atoms. The second-order valence-corrected chi connectivity index (χ2v) is 6.27. The van der Waals surface area contributed by atoms with Gasteiger partial charge in [0, 0.05) is 12.6 Å². The molecule has 0 saturated carbocycles. The van der Waals surface area contributed by atoms with E-state index in [1.54, 1.807) is 12.1 Å². The van der Waals surface area contributed by atoms with Crippen LogP contribution in [0.2, 0.25) is 0 Å². The zero-order chi connectivity index (χ0) is 18.8. The number of benzene rings is 2. The minimum Gasteiger partial charge on any atom is -0.508 e. The highest BCUT2D eigenvalue weighted by Crippen LogP contribution is 2.35. The molecule has 0 fully saturated rings. The Balaban J connectivity index is 2.41. The van der Waals surface area contributed by atoms with E-state index in [1.165, 1.54) is 19.1 Å². The van der Waals surface area contributed by atoms with Crippen LogP contribution in [-0.2, 0) is 17.4 Å². The van der Waals surface area contributed by atoms with Gasteiger partial charge in [0.25, 0.3) is 0 Å². The Bertz CT molecular complexity index is 783. The Labute approximate surface area is 144 Å². The second kappa shape index (κ2) is 7.17. The molecule has 0 unspecified atom stereocenters. The molecule has 2 aromatic carbocycles. The molecular formula is C19H20F3NO2. The number of hydrogen-bond acceptors (Lipinski definition) is 2. The summed E-state index contributed by atoms with van der Waals surface area (Å²) < 4.78 is 39.6. The highest BCUT2D eigenvalue weighted by molar-refractivity contribution is 5.89. The van der Waals surface area contributed by atoms with Crippen molar-refractivity contribution in [2.24, 2.45) is 0 Å². The van der Waals surface area contributed by atoms with Crippen LogP contribution in [0.1, 0.15) is 48.9 Å². The summed E-state index contributed by atoms with van der Waals surface area (Å²) in [6.07, 6.45) is -4.46. The van der Waals surface area contributed by atoms with Crippen LogP contribution in [0, 0.1) is 0 Å². The van der Waals surface area contributed by atoms with Gasteiger partial charge in [0.15, 0.2) is 0 Å². The van der Waals surface area contributed by atoms with Gasteiger partial charge in [-0.3, -0.25) is 4.79 Å². The lowest BCUT2D eigenvalue weighted by molar-refractivity contribution is -0.138. The van der Waals surface area contributed by atoms with Gasteiger partial charge in [0.05, 0.1) is 5.56 Å². The highest BCUT2D eigenvalue weighted by Gasteiger charge is 2.33. The number of halogens is 3. The van der Waals surface area contributed by atoms with E-state index in [2.05, 4.69) is 5.32 Å². The van der Waals surface area contributed by atoms with Gasteiger partial charge in [-0.25, -0.2) is 0 Å². The van der Waals surface area contributed by atoms with Crippen molar-refractivity contribution >= 4 is 11.6 Å². The van der Waals surface area contributed by atoms with Crippen LogP contribution < -0.4 is 5.32 Å². The second-order valence-electron chi connectivity index (χ2n) is 6.27. The first-order valence-corrected chi connectivity index (χ1v) is 7.87. The number of phenols is 1. The normalized spacial score (nSPS) is 11.6. The maximum Gasteiger partial charge on any atom is 0.416 e. The maximum atomic E-state index is 13.2. The molecule has 0 aromatic heterocycles. The Kier molecular flexibility index (Phi) is 5.40. The van der Waals surface area contributed by atoms with Gasteiger partial charge in [-0.05, 0) is 47.2 Å². The Morgan fingerprint density at radius 3 is 2.40 bits per heavy atom. The summed E-state index contributed by atoms with van der Waals surface area (Å²) in [4.78, 5) is 11.3. The molecule has 0 aliphatic carbocycles. The number of hydrogen-bond donors (Lipinski definition) is 2. The molecule has 0 aliphatic rings.